The van der Waals surface area contributed by atoms with Gasteiger partial charge in [0, 0.05) is 0 Å². The van der Waals surface area contributed by atoms with Gasteiger partial charge in [0.1, 0.15) is 24.2 Å². The van der Waals surface area contributed by atoms with Gasteiger partial charge in [0.15, 0.2) is 0 Å². The maximum absolute atomic E-state index is 12.8. The number of aliphatic carboxylic acids is 1. The molecule has 7 unspecified atom stereocenters. The third-order valence-corrected chi connectivity index (χ3v) is 5.24. The summed E-state index contributed by atoms with van der Waals surface area (Å²) in [6, 6.07) is -5.01. The standard InChI is InChI=1S/C20H39N5O7/c1-5-10(2)15(20(31)32)24-17(28)13(8-6-7-9-21)23-19(30)16(12(4)27)25-18(29)14(22)11(3)26/h10-16,26-27H,5-9,21-22H2,1-4H3,(H,23,30)(H,24,28)(H,25,29)(H,31,32). The normalized spacial score (nSPS) is 17.8. The van der Waals surface area contributed by atoms with E-state index in [1.807, 2.05) is 0 Å². The maximum Gasteiger partial charge on any atom is 0.326 e. The first-order chi connectivity index (χ1) is 14.9. The van der Waals surface area contributed by atoms with Crippen LogP contribution >= 0.6 is 0 Å². The lowest BCUT2D eigenvalue weighted by molar-refractivity contribution is -0.144. The summed E-state index contributed by atoms with van der Waals surface area (Å²) in [6.45, 7) is 6.42. The van der Waals surface area contributed by atoms with E-state index in [4.69, 9.17) is 11.5 Å². The van der Waals surface area contributed by atoms with Gasteiger partial charge in [-0.1, -0.05) is 20.3 Å². The number of nitrogens with two attached hydrogens (primary N) is 2. The molecule has 0 fully saturated rings. The Labute approximate surface area is 188 Å². The van der Waals surface area contributed by atoms with Crippen LogP contribution in [0.25, 0.3) is 0 Å². The third kappa shape index (κ3) is 9.90. The van der Waals surface area contributed by atoms with Gasteiger partial charge in [-0.3, -0.25) is 14.4 Å². The topological polar surface area (TPSA) is 217 Å². The molecule has 0 spiro atoms. The first-order valence-electron chi connectivity index (χ1n) is 10.8. The van der Waals surface area contributed by atoms with Gasteiger partial charge in [0.2, 0.25) is 17.7 Å². The van der Waals surface area contributed by atoms with Crippen molar-refractivity contribution in [1.82, 2.24) is 16.0 Å². The highest BCUT2D eigenvalue weighted by Crippen LogP contribution is 2.10. The summed E-state index contributed by atoms with van der Waals surface area (Å²) in [7, 11) is 0. The van der Waals surface area contributed by atoms with E-state index in [1.54, 1.807) is 13.8 Å². The maximum atomic E-state index is 12.8. The van der Waals surface area contributed by atoms with Crippen LogP contribution in [-0.2, 0) is 19.2 Å². The molecule has 12 nitrogen and oxygen atoms in total. The second kappa shape index (κ2) is 14.7. The molecule has 3 amide bonds. The number of hydrogen-bond donors (Lipinski definition) is 8. The molecule has 0 aliphatic carbocycles. The monoisotopic (exact) mass is 461 g/mol. The zero-order chi connectivity index (χ0) is 25.0. The summed E-state index contributed by atoms with van der Waals surface area (Å²) in [5, 5.41) is 36.0. The minimum Gasteiger partial charge on any atom is -0.480 e. The highest BCUT2D eigenvalue weighted by Gasteiger charge is 2.33. The SMILES string of the molecule is CCC(C)C(NC(=O)C(CCCCN)NC(=O)C(NC(=O)C(N)C(C)O)C(C)O)C(=O)O. The molecule has 0 aliphatic heterocycles. The van der Waals surface area contributed by atoms with Crippen molar-refractivity contribution in [3.05, 3.63) is 0 Å². The van der Waals surface area contributed by atoms with Crippen molar-refractivity contribution in [2.24, 2.45) is 17.4 Å². The number of nitrogens with one attached hydrogen (secondary N) is 3. The molecule has 12 heteroatoms. The quantitative estimate of drug-likeness (QED) is 0.124. The zero-order valence-corrected chi connectivity index (χ0v) is 19.2. The molecule has 7 atom stereocenters. The van der Waals surface area contributed by atoms with E-state index in [1.165, 1.54) is 13.8 Å². The molecule has 0 aliphatic rings. The number of rotatable bonds is 15. The predicted molar refractivity (Wildman–Crippen MR) is 117 cm³/mol. The molecular formula is C20H39N5O7. The van der Waals surface area contributed by atoms with E-state index in [0.717, 1.165) is 0 Å². The number of carbonyl (C=O) groups is 4. The van der Waals surface area contributed by atoms with Gasteiger partial charge in [-0.05, 0) is 45.6 Å². The molecule has 0 rings (SSSR count). The van der Waals surface area contributed by atoms with Crippen LogP contribution in [0.4, 0.5) is 0 Å². The lowest BCUT2D eigenvalue weighted by Crippen LogP contribution is -2.61. The number of aliphatic hydroxyl groups excluding tert-OH is 2. The Kier molecular flexibility index (Phi) is 13.7. The molecule has 0 saturated carbocycles. The largest absolute Gasteiger partial charge is 0.480 e. The zero-order valence-electron chi connectivity index (χ0n) is 19.2. The van der Waals surface area contributed by atoms with E-state index in [0.29, 0.717) is 25.8 Å². The van der Waals surface area contributed by atoms with E-state index >= 15 is 0 Å². The Morgan fingerprint density at radius 1 is 0.844 bits per heavy atom. The number of aliphatic hydroxyl groups is 2. The number of carboxylic acids is 1. The lowest BCUT2D eigenvalue weighted by Gasteiger charge is -2.27. The van der Waals surface area contributed by atoms with Crippen LogP contribution in [-0.4, -0.2) is 81.9 Å². The van der Waals surface area contributed by atoms with Crippen molar-refractivity contribution >= 4 is 23.7 Å². The fourth-order valence-corrected chi connectivity index (χ4v) is 2.83. The van der Waals surface area contributed by atoms with Crippen LogP contribution < -0.4 is 27.4 Å². The molecule has 0 aromatic heterocycles. The highest BCUT2D eigenvalue weighted by molar-refractivity contribution is 5.94. The molecule has 186 valence electrons. The van der Waals surface area contributed by atoms with Gasteiger partial charge in [-0.25, -0.2) is 4.79 Å². The number of unbranched alkanes of at least 4 members (excludes halogenated alkanes) is 1. The van der Waals surface area contributed by atoms with E-state index in [9.17, 15) is 34.5 Å². The van der Waals surface area contributed by atoms with Gasteiger partial charge in [-0.15, -0.1) is 0 Å². The van der Waals surface area contributed by atoms with E-state index in [2.05, 4.69) is 16.0 Å². The van der Waals surface area contributed by atoms with Crippen molar-refractivity contribution in [2.75, 3.05) is 6.54 Å². The summed E-state index contributed by atoms with van der Waals surface area (Å²) in [5.74, 6) is -3.94. The summed E-state index contributed by atoms with van der Waals surface area (Å²) in [6.07, 6.45) is -0.770. The van der Waals surface area contributed by atoms with Crippen LogP contribution in [0.15, 0.2) is 0 Å². The predicted octanol–water partition coefficient (Wildman–Crippen LogP) is -2.21. The molecule has 32 heavy (non-hydrogen) atoms. The molecule has 0 aromatic carbocycles. The minimum atomic E-state index is -1.44. The Hall–Kier alpha value is -2.28. The Bertz CT molecular complexity index is 629. The van der Waals surface area contributed by atoms with Crippen LogP contribution in [0.5, 0.6) is 0 Å². The van der Waals surface area contributed by atoms with Crippen molar-refractivity contribution < 1.29 is 34.5 Å². The third-order valence-electron chi connectivity index (χ3n) is 5.24. The smallest absolute Gasteiger partial charge is 0.326 e. The molecular weight excluding hydrogens is 422 g/mol. The average molecular weight is 462 g/mol. The van der Waals surface area contributed by atoms with Crippen molar-refractivity contribution in [3.8, 4) is 0 Å². The first-order valence-corrected chi connectivity index (χ1v) is 10.8. The van der Waals surface area contributed by atoms with Crippen LogP contribution in [0.1, 0.15) is 53.4 Å². The summed E-state index contributed by atoms with van der Waals surface area (Å²) in [5.41, 5.74) is 11.0. The first kappa shape index (κ1) is 29.7. The van der Waals surface area contributed by atoms with Crippen LogP contribution in [0.2, 0.25) is 0 Å². The van der Waals surface area contributed by atoms with Gasteiger partial charge < -0.3 is 42.7 Å². The highest BCUT2D eigenvalue weighted by atomic mass is 16.4. The Morgan fingerprint density at radius 3 is 1.84 bits per heavy atom. The number of amides is 3. The Balaban J connectivity index is 5.50. The van der Waals surface area contributed by atoms with Gasteiger partial charge in [0.05, 0.1) is 12.2 Å². The molecule has 10 N–H and O–H groups in total. The fourth-order valence-electron chi connectivity index (χ4n) is 2.83. The Morgan fingerprint density at radius 2 is 1.41 bits per heavy atom. The molecule has 0 bridgehead atoms. The van der Waals surface area contributed by atoms with Crippen LogP contribution in [0.3, 0.4) is 0 Å². The molecule has 0 aromatic rings. The number of carboxylic acid groups (broad SMARTS) is 1. The fraction of sp³-hybridized carbons (Fsp3) is 0.800. The van der Waals surface area contributed by atoms with Gasteiger partial charge >= 0.3 is 5.97 Å². The van der Waals surface area contributed by atoms with Crippen molar-refractivity contribution in [1.29, 1.82) is 0 Å². The van der Waals surface area contributed by atoms with Crippen molar-refractivity contribution in [3.63, 3.8) is 0 Å². The average Bonchev–Trinajstić information content (AvgIpc) is 2.72. The molecule has 0 radical (unpaired) electrons. The van der Waals surface area contributed by atoms with Gasteiger partial charge in [-0.2, -0.15) is 0 Å². The molecule has 0 heterocycles. The summed E-state index contributed by atoms with van der Waals surface area (Å²) < 4.78 is 0. The van der Waals surface area contributed by atoms with E-state index < -0.39 is 60.1 Å². The van der Waals surface area contributed by atoms with Gasteiger partial charge in [0.25, 0.3) is 0 Å². The number of hydrogen-bond acceptors (Lipinski definition) is 8. The van der Waals surface area contributed by atoms with E-state index in [-0.39, 0.29) is 12.3 Å². The summed E-state index contributed by atoms with van der Waals surface area (Å²) >= 11 is 0. The second-order valence-electron chi connectivity index (χ2n) is 8.05. The lowest BCUT2D eigenvalue weighted by atomic mass is 9.98. The van der Waals surface area contributed by atoms with Crippen LogP contribution in [0, 0.1) is 5.92 Å². The molecule has 0 saturated heterocycles. The summed E-state index contributed by atoms with van der Waals surface area (Å²) in [4.78, 5) is 49.2. The van der Waals surface area contributed by atoms with Crippen molar-refractivity contribution in [2.45, 2.75) is 89.8 Å². The second-order valence-corrected chi connectivity index (χ2v) is 8.05. The minimum absolute atomic E-state index is 0.176. The number of carbonyl (C=O) groups excluding carboxylic acids is 3.